The van der Waals surface area contributed by atoms with E-state index in [1.165, 1.54) is 11.1 Å². The van der Waals surface area contributed by atoms with Gasteiger partial charge in [0.05, 0.1) is 20.3 Å². The molecule has 0 aromatic heterocycles. The van der Waals surface area contributed by atoms with E-state index in [9.17, 15) is 4.79 Å². The van der Waals surface area contributed by atoms with Gasteiger partial charge in [-0.15, -0.1) is 0 Å². The quantitative estimate of drug-likeness (QED) is 0.787. The van der Waals surface area contributed by atoms with Crippen molar-refractivity contribution in [3.63, 3.8) is 0 Å². The molecule has 0 spiro atoms. The number of ether oxygens (including phenoxy) is 2. The van der Waals surface area contributed by atoms with Crippen LogP contribution in [0.3, 0.4) is 0 Å². The minimum atomic E-state index is -0.153. The van der Waals surface area contributed by atoms with Gasteiger partial charge < -0.3 is 14.8 Å². The standard InChI is InChI=1S/C21H27NO3/c1-5-16-6-8-17(9-7-16)10-13-21(23)22-15(2)19-14-18(24-3)11-12-20(19)25-4/h6-9,11-12,14-15H,5,10,13H2,1-4H3,(H,22,23)/t15-/m1/s1. The highest BCUT2D eigenvalue weighted by Gasteiger charge is 2.15. The number of hydrogen-bond acceptors (Lipinski definition) is 3. The third kappa shape index (κ3) is 5.24. The van der Waals surface area contributed by atoms with E-state index < -0.39 is 0 Å². The summed E-state index contributed by atoms with van der Waals surface area (Å²) in [4.78, 5) is 12.3. The smallest absolute Gasteiger partial charge is 0.220 e. The number of carbonyl (C=O) groups excluding carboxylic acids is 1. The Hall–Kier alpha value is -2.49. The van der Waals surface area contributed by atoms with E-state index in [0.29, 0.717) is 6.42 Å². The summed E-state index contributed by atoms with van der Waals surface area (Å²) in [5, 5.41) is 3.04. The summed E-state index contributed by atoms with van der Waals surface area (Å²) in [7, 11) is 3.25. The first kappa shape index (κ1) is 18.8. The molecule has 134 valence electrons. The highest BCUT2D eigenvalue weighted by molar-refractivity contribution is 5.76. The van der Waals surface area contributed by atoms with Crippen molar-refractivity contribution in [3.05, 3.63) is 59.2 Å². The fourth-order valence-electron chi connectivity index (χ4n) is 2.77. The van der Waals surface area contributed by atoms with E-state index in [4.69, 9.17) is 9.47 Å². The van der Waals surface area contributed by atoms with Crippen molar-refractivity contribution >= 4 is 5.91 Å². The molecule has 0 heterocycles. The van der Waals surface area contributed by atoms with Crippen LogP contribution in [0.4, 0.5) is 0 Å². The lowest BCUT2D eigenvalue weighted by Crippen LogP contribution is -2.27. The molecule has 1 amide bonds. The van der Waals surface area contributed by atoms with Crippen molar-refractivity contribution < 1.29 is 14.3 Å². The van der Waals surface area contributed by atoms with Crippen molar-refractivity contribution in [1.29, 1.82) is 0 Å². The van der Waals surface area contributed by atoms with Gasteiger partial charge in [0.15, 0.2) is 0 Å². The Kier molecular flexibility index (Phi) is 6.87. The summed E-state index contributed by atoms with van der Waals surface area (Å²) in [6.07, 6.45) is 2.22. The van der Waals surface area contributed by atoms with E-state index in [-0.39, 0.29) is 11.9 Å². The summed E-state index contributed by atoms with van der Waals surface area (Å²) in [5.41, 5.74) is 3.40. The molecule has 0 saturated heterocycles. The first-order valence-electron chi connectivity index (χ1n) is 8.66. The second-order valence-corrected chi connectivity index (χ2v) is 6.07. The first-order chi connectivity index (χ1) is 12.1. The van der Waals surface area contributed by atoms with Crippen LogP contribution in [0.5, 0.6) is 11.5 Å². The SMILES string of the molecule is CCc1ccc(CCC(=O)N[C@H](C)c2cc(OC)ccc2OC)cc1. The molecule has 2 aromatic rings. The predicted octanol–water partition coefficient (Wildman–Crippen LogP) is 4.08. The van der Waals surface area contributed by atoms with E-state index in [0.717, 1.165) is 29.9 Å². The summed E-state index contributed by atoms with van der Waals surface area (Å²) in [5.74, 6) is 1.51. The Bertz CT molecular complexity index is 695. The van der Waals surface area contributed by atoms with E-state index in [1.807, 2.05) is 25.1 Å². The molecule has 0 aliphatic heterocycles. The normalized spacial score (nSPS) is 11.7. The Morgan fingerprint density at radius 1 is 1.04 bits per heavy atom. The minimum Gasteiger partial charge on any atom is -0.497 e. The van der Waals surface area contributed by atoms with Gasteiger partial charge >= 0.3 is 0 Å². The van der Waals surface area contributed by atoms with Crippen LogP contribution in [0.2, 0.25) is 0 Å². The first-order valence-corrected chi connectivity index (χ1v) is 8.66. The largest absolute Gasteiger partial charge is 0.497 e. The van der Waals surface area contributed by atoms with E-state index >= 15 is 0 Å². The average molecular weight is 341 g/mol. The van der Waals surface area contributed by atoms with Gasteiger partial charge in [0.2, 0.25) is 5.91 Å². The lowest BCUT2D eigenvalue weighted by atomic mass is 10.0. The summed E-state index contributed by atoms with van der Waals surface area (Å²) in [6, 6.07) is 13.9. The highest BCUT2D eigenvalue weighted by atomic mass is 16.5. The molecular weight excluding hydrogens is 314 g/mol. The summed E-state index contributed by atoms with van der Waals surface area (Å²) in [6.45, 7) is 4.09. The summed E-state index contributed by atoms with van der Waals surface area (Å²) >= 11 is 0. The molecule has 0 fully saturated rings. The van der Waals surface area contributed by atoms with Crippen LogP contribution < -0.4 is 14.8 Å². The number of hydrogen-bond donors (Lipinski definition) is 1. The second kappa shape index (κ2) is 9.11. The Labute approximate surface area is 150 Å². The molecule has 0 aliphatic carbocycles. The molecule has 0 radical (unpaired) electrons. The van der Waals surface area contributed by atoms with Gasteiger partial charge in [-0.25, -0.2) is 0 Å². The second-order valence-electron chi connectivity index (χ2n) is 6.07. The zero-order valence-electron chi connectivity index (χ0n) is 15.5. The number of carbonyl (C=O) groups is 1. The number of aryl methyl sites for hydroxylation is 2. The minimum absolute atomic E-state index is 0.0249. The van der Waals surface area contributed by atoms with Gasteiger partial charge in [0.1, 0.15) is 11.5 Å². The molecule has 0 bridgehead atoms. The van der Waals surface area contributed by atoms with Crippen LogP contribution in [0.1, 0.15) is 43.0 Å². The Balaban J connectivity index is 1.95. The molecule has 4 heteroatoms. The molecule has 2 rings (SSSR count). The maximum atomic E-state index is 12.3. The third-order valence-corrected chi connectivity index (χ3v) is 4.35. The number of benzene rings is 2. The van der Waals surface area contributed by atoms with Crippen LogP contribution >= 0.6 is 0 Å². The molecule has 0 aliphatic rings. The van der Waals surface area contributed by atoms with Gasteiger partial charge in [0.25, 0.3) is 0 Å². The fraction of sp³-hybridized carbons (Fsp3) is 0.381. The molecule has 2 aromatic carbocycles. The molecule has 0 saturated carbocycles. The average Bonchev–Trinajstić information content (AvgIpc) is 2.66. The van der Waals surface area contributed by atoms with Gasteiger partial charge in [-0.05, 0) is 49.1 Å². The van der Waals surface area contributed by atoms with Gasteiger partial charge in [-0.2, -0.15) is 0 Å². The van der Waals surface area contributed by atoms with Crippen LogP contribution in [0.25, 0.3) is 0 Å². The molecule has 1 atom stereocenters. The van der Waals surface area contributed by atoms with Crippen molar-refractivity contribution in [2.45, 2.75) is 39.2 Å². The zero-order valence-corrected chi connectivity index (χ0v) is 15.5. The van der Waals surface area contributed by atoms with Crippen molar-refractivity contribution in [2.24, 2.45) is 0 Å². The Morgan fingerprint density at radius 2 is 1.72 bits per heavy atom. The highest BCUT2D eigenvalue weighted by Crippen LogP contribution is 2.29. The van der Waals surface area contributed by atoms with Gasteiger partial charge in [-0.3, -0.25) is 4.79 Å². The molecular formula is C21H27NO3. The van der Waals surface area contributed by atoms with Crippen molar-refractivity contribution in [1.82, 2.24) is 5.32 Å². The molecule has 1 N–H and O–H groups in total. The Morgan fingerprint density at radius 3 is 2.32 bits per heavy atom. The third-order valence-electron chi connectivity index (χ3n) is 4.35. The number of rotatable bonds is 8. The number of methoxy groups -OCH3 is 2. The lowest BCUT2D eigenvalue weighted by Gasteiger charge is -2.18. The summed E-state index contributed by atoms with van der Waals surface area (Å²) < 4.78 is 10.7. The maximum absolute atomic E-state index is 12.3. The predicted molar refractivity (Wildman–Crippen MR) is 100 cm³/mol. The van der Waals surface area contributed by atoms with Gasteiger partial charge in [-0.1, -0.05) is 31.2 Å². The topological polar surface area (TPSA) is 47.6 Å². The molecule has 4 nitrogen and oxygen atoms in total. The number of nitrogens with one attached hydrogen (secondary N) is 1. The zero-order chi connectivity index (χ0) is 18.2. The van der Waals surface area contributed by atoms with Gasteiger partial charge in [0, 0.05) is 12.0 Å². The van der Waals surface area contributed by atoms with Crippen molar-refractivity contribution in [3.8, 4) is 11.5 Å². The molecule has 25 heavy (non-hydrogen) atoms. The van der Waals surface area contributed by atoms with E-state index in [2.05, 4.69) is 36.5 Å². The lowest BCUT2D eigenvalue weighted by molar-refractivity contribution is -0.121. The van der Waals surface area contributed by atoms with Crippen LogP contribution in [-0.2, 0) is 17.6 Å². The maximum Gasteiger partial charge on any atom is 0.220 e. The van der Waals surface area contributed by atoms with Crippen LogP contribution in [0, 0.1) is 0 Å². The number of amides is 1. The fourth-order valence-corrected chi connectivity index (χ4v) is 2.77. The molecule has 0 unspecified atom stereocenters. The van der Waals surface area contributed by atoms with Crippen LogP contribution in [-0.4, -0.2) is 20.1 Å². The van der Waals surface area contributed by atoms with E-state index in [1.54, 1.807) is 14.2 Å². The van der Waals surface area contributed by atoms with Crippen LogP contribution in [0.15, 0.2) is 42.5 Å². The van der Waals surface area contributed by atoms with Crippen molar-refractivity contribution in [2.75, 3.05) is 14.2 Å². The monoisotopic (exact) mass is 341 g/mol.